The number of benzene rings is 2. The number of nitrogens with zero attached hydrogens (tertiary/aromatic N) is 2. The van der Waals surface area contributed by atoms with Crippen molar-refractivity contribution in [1.82, 2.24) is 9.97 Å². The molecule has 1 heterocycles. The zero-order valence-electron chi connectivity index (χ0n) is 14.9. The Bertz CT molecular complexity index is 1040. The van der Waals surface area contributed by atoms with E-state index < -0.39 is 5.56 Å². The number of nitriles is 1. The van der Waals surface area contributed by atoms with E-state index in [4.69, 9.17) is 9.47 Å². The molecule has 6 nitrogen and oxygen atoms in total. The molecule has 0 saturated carbocycles. The quantitative estimate of drug-likeness (QED) is 0.520. The summed E-state index contributed by atoms with van der Waals surface area (Å²) < 4.78 is 11.0. The number of hydrogen-bond acceptors (Lipinski definition) is 6. The number of aromatic amines is 1. The van der Waals surface area contributed by atoms with Crippen molar-refractivity contribution in [3.63, 3.8) is 0 Å². The third kappa shape index (κ3) is 4.30. The van der Waals surface area contributed by atoms with Crippen LogP contribution in [0.2, 0.25) is 0 Å². The van der Waals surface area contributed by atoms with E-state index in [0.29, 0.717) is 28.8 Å². The van der Waals surface area contributed by atoms with Crippen molar-refractivity contribution >= 4 is 11.8 Å². The maximum atomic E-state index is 12.0. The predicted molar refractivity (Wildman–Crippen MR) is 104 cm³/mol. The maximum absolute atomic E-state index is 12.0. The summed E-state index contributed by atoms with van der Waals surface area (Å²) in [6, 6.07) is 16.7. The number of nitrogens with one attached hydrogen (secondary N) is 1. The second kappa shape index (κ2) is 8.43. The molecule has 0 unspecified atom stereocenters. The summed E-state index contributed by atoms with van der Waals surface area (Å²) in [5, 5.41) is 9.75. The topological polar surface area (TPSA) is 88.0 Å². The molecule has 0 aliphatic heterocycles. The van der Waals surface area contributed by atoms with Gasteiger partial charge in [-0.25, -0.2) is 4.98 Å². The van der Waals surface area contributed by atoms with E-state index in [0.717, 1.165) is 11.3 Å². The second-order valence-corrected chi connectivity index (χ2v) is 6.37. The van der Waals surface area contributed by atoms with E-state index in [2.05, 4.69) is 9.97 Å². The zero-order chi connectivity index (χ0) is 19.2. The normalized spacial score (nSPS) is 10.3. The Hall–Kier alpha value is -3.24. The Balaban J connectivity index is 1.81. The van der Waals surface area contributed by atoms with Crippen molar-refractivity contribution in [2.24, 2.45) is 0 Å². The number of H-pyrrole nitrogens is 1. The Morgan fingerprint density at radius 2 is 1.96 bits per heavy atom. The van der Waals surface area contributed by atoms with Crippen molar-refractivity contribution in [1.29, 1.82) is 5.26 Å². The van der Waals surface area contributed by atoms with E-state index in [1.807, 2.05) is 36.6 Å². The van der Waals surface area contributed by atoms with Gasteiger partial charge in [0.15, 0.2) is 5.16 Å². The van der Waals surface area contributed by atoms with Crippen LogP contribution in [0.25, 0.3) is 11.3 Å². The lowest BCUT2D eigenvalue weighted by molar-refractivity contribution is 0.305. The molecule has 2 aromatic carbocycles. The molecule has 136 valence electrons. The molecule has 0 spiro atoms. The molecule has 0 saturated heterocycles. The third-order valence-corrected chi connectivity index (χ3v) is 4.45. The molecule has 0 atom stereocenters. The lowest BCUT2D eigenvalue weighted by Crippen LogP contribution is -2.14. The molecule has 0 aliphatic rings. The Morgan fingerprint density at radius 1 is 1.19 bits per heavy atom. The zero-order valence-corrected chi connectivity index (χ0v) is 15.7. The highest BCUT2D eigenvalue weighted by Crippen LogP contribution is 2.24. The van der Waals surface area contributed by atoms with Crippen LogP contribution < -0.4 is 15.0 Å². The monoisotopic (exact) mass is 379 g/mol. The van der Waals surface area contributed by atoms with Crippen molar-refractivity contribution in [3.05, 3.63) is 70.0 Å². The average Bonchev–Trinajstić information content (AvgIpc) is 2.72. The molecule has 3 rings (SSSR count). The number of thioether (sulfide) groups is 1. The highest BCUT2D eigenvalue weighted by Gasteiger charge is 2.13. The molecule has 1 N–H and O–H groups in total. The molecule has 0 aliphatic carbocycles. The van der Waals surface area contributed by atoms with Gasteiger partial charge in [-0.1, -0.05) is 23.9 Å². The van der Waals surface area contributed by atoms with Crippen LogP contribution >= 0.6 is 11.8 Å². The van der Waals surface area contributed by atoms with Crippen LogP contribution in [-0.4, -0.2) is 23.3 Å². The van der Waals surface area contributed by atoms with Crippen LogP contribution in [0.15, 0.2) is 58.5 Å². The van der Waals surface area contributed by atoms with Crippen LogP contribution in [0.4, 0.5) is 0 Å². The molecular formula is C20H17N3O3S. The maximum Gasteiger partial charge on any atom is 0.270 e. The minimum atomic E-state index is -0.440. The lowest BCUT2D eigenvalue weighted by Gasteiger charge is -2.09. The number of hydrogen-bond donors (Lipinski definition) is 1. The number of methoxy groups -OCH3 is 1. The smallest absolute Gasteiger partial charge is 0.270 e. The fraction of sp³-hybridized carbons (Fsp3) is 0.150. The van der Waals surface area contributed by atoms with Crippen LogP contribution in [0, 0.1) is 11.3 Å². The minimum Gasteiger partial charge on any atom is -0.497 e. The first kappa shape index (κ1) is 18.5. The summed E-state index contributed by atoms with van der Waals surface area (Å²) in [6.45, 7) is 0.403. The van der Waals surface area contributed by atoms with E-state index in [-0.39, 0.29) is 5.56 Å². The summed E-state index contributed by atoms with van der Waals surface area (Å²) in [6.07, 6.45) is 1.81. The lowest BCUT2D eigenvalue weighted by atomic mass is 10.1. The second-order valence-electron chi connectivity index (χ2n) is 5.58. The first-order chi connectivity index (χ1) is 13.1. The Kier molecular flexibility index (Phi) is 5.79. The molecule has 1 aromatic heterocycles. The van der Waals surface area contributed by atoms with Gasteiger partial charge in [0.05, 0.1) is 12.8 Å². The predicted octanol–water partition coefficient (Wildman–Crippen LogP) is 3.62. The first-order valence-electron chi connectivity index (χ1n) is 8.09. The molecule has 3 aromatic rings. The fourth-order valence-electron chi connectivity index (χ4n) is 2.50. The van der Waals surface area contributed by atoms with Crippen molar-refractivity contribution in [3.8, 4) is 28.8 Å². The van der Waals surface area contributed by atoms with E-state index in [9.17, 15) is 10.1 Å². The molecule has 27 heavy (non-hydrogen) atoms. The highest BCUT2D eigenvalue weighted by atomic mass is 32.2. The van der Waals surface area contributed by atoms with Gasteiger partial charge in [-0.3, -0.25) is 4.79 Å². The summed E-state index contributed by atoms with van der Waals surface area (Å²) in [5.41, 5.74) is 1.60. The van der Waals surface area contributed by atoms with E-state index in [1.165, 1.54) is 11.8 Å². The van der Waals surface area contributed by atoms with Gasteiger partial charge in [0.1, 0.15) is 29.7 Å². The number of ether oxygens (including phenoxy) is 2. The summed E-state index contributed by atoms with van der Waals surface area (Å²) in [5.74, 6) is 1.45. The molecule has 0 radical (unpaired) electrons. The summed E-state index contributed by atoms with van der Waals surface area (Å²) in [4.78, 5) is 19.0. The van der Waals surface area contributed by atoms with E-state index in [1.54, 1.807) is 31.4 Å². The van der Waals surface area contributed by atoms with Crippen LogP contribution in [0.3, 0.4) is 0 Å². The Morgan fingerprint density at radius 3 is 2.63 bits per heavy atom. The Labute approximate surface area is 160 Å². The standard InChI is InChI=1S/C20H17N3O3S/c1-25-16-5-3-4-13(10-16)12-26-15-8-6-14(7-9-15)18-17(11-21)19(24)23-20(22-18)27-2/h3-10H,12H2,1-2H3,(H,22,23,24). The van der Waals surface area contributed by atoms with Gasteiger partial charge in [0.25, 0.3) is 5.56 Å². The molecule has 0 amide bonds. The first-order valence-corrected chi connectivity index (χ1v) is 9.31. The summed E-state index contributed by atoms with van der Waals surface area (Å²) in [7, 11) is 1.62. The van der Waals surface area contributed by atoms with Crippen LogP contribution in [-0.2, 0) is 6.61 Å². The number of rotatable bonds is 6. The van der Waals surface area contributed by atoms with Crippen molar-refractivity contribution in [2.75, 3.05) is 13.4 Å². The average molecular weight is 379 g/mol. The third-order valence-electron chi connectivity index (χ3n) is 3.87. The highest BCUT2D eigenvalue weighted by molar-refractivity contribution is 7.98. The molecule has 7 heteroatoms. The fourth-order valence-corrected chi connectivity index (χ4v) is 2.88. The largest absolute Gasteiger partial charge is 0.497 e. The van der Waals surface area contributed by atoms with Gasteiger partial charge in [-0.15, -0.1) is 0 Å². The number of aromatic nitrogens is 2. The van der Waals surface area contributed by atoms with Crippen LogP contribution in [0.5, 0.6) is 11.5 Å². The summed E-state index contributed by atoms with van der Waals surface area (Å²) >= 11 is 1.31. The minimum absolute atomic E-state index is 0.00199. The van der Waals surface area contributed by atoms with Gasteiger partial charge in [-0.05, 0) is 48.2 Å². The van der Waals surface area contributed by atoms with Crippen molar-refractivity contribution < 1.29 is 9.47 Å². The van der Waals surface area contributed by atoms with Crippen LogP contribution in [0.1, 0.15) is 11.1 Å². The molecular weight excluding hydrogens is 362 g/mol. The van der Waals surface area contributed by atoms with Gasteiger partial charge in [-0.2, -0.15) is 5.26 Å². The van der Waals surface area contributed by atoms with Gasteiger partial charge >= 0.3 is 0 Å². The van der Waals surface area contributed by atoms with Gasteiger partial charge in [0.2, 0.25) is 0 Å². The molecule has 0 bridgehead atoms. The molecule has 0 fully saturated rings. The van der Waals surface area contributed by atoms with E-state index >= 15 is 0 Å². The van der Waals surface area contributed by atoms with Gasteiger partial charge in [0, 0.05) is 5.56 Å². The SMILES string of the molecule is COc1cccc(COc2ccc(-c3nc(SC)[nH]c(=O)c3C#N)cc2)c1. The van der Waals surface area contributed by atoms with Gasteiger partial charge < -0.3 is 14.5 Å². The van der Waals surface area contributed by atoms with Crippen molar-refractivity contribution in [2.45, 2.75) is 11.8 Å².